The molecule has 0 radical (unpaired) electrons. The van der Waals surface area contributed by atoms with Crippen LogP contribution in [0.3, 0.4) is 0 Å². The Labute approximate surface area is 137 Å². The Bertz CT molecular complexity index is 673. The van der Waals surface area contributed by atoms with E-state index in [1.165, 1.54) is 17.4 Å². The van der Waals surface area contributed by atoms with Crippen molar-refractivity contribution in [1.82, 2.24) is 15.1 Å². The minimum atomic E-state index is -0.250. The van der Waals surface area contributed by atoms with Crippen LogP contribution in [0.5, 0.6) is 0 Å². The second-order valence-corrected chi connectivity index (χ2v) is 6.18. The third-order valence-electron chi connectivity index (χ3n) is 3.52. The maximum Gasteiger partial charge on any atom is 0.242 e. The zero-order valence-corrected chi connectivity index (χ0v) is 13.3. The van der Waals surface area contributed by atoms with Crippen LogP contribution in [0.2, 0.25) is 0 Å². The van der Waals surface area contributed by atoms with Crippen LogP contribution in [-0.4, -0.2) is 53.9 Å². The number of hydrogen-bond donors (Lipinski definition) is 1. The Hall–Kier alpha value is -2.06. The van der Waals surface area contributed by atoms with E-state index in [1.807, 2.05) is 0 Å². The molecule has 2 heterocycles. The highest BCUT2D eigenvalue weighted by Gasteiger charge is 2.17. The van der Waals surface area contributed by atoms with Gasteiger partial charge in [-0.15, -0.1) is 10.2 Å². The van der Waals surface area contributed by atoms with Gasteiger partial charge in [0, 0.05) is 19.5 Å². The number of halogens is 1. The number of ether oxygens (including phenoxy) is 1. The van der Waals surface area contributed by atoms with Crippen LogP contribution in [0.15, 0.2) is 24.3 Å². The van der Waals surface area contributed by atoms with Crippen LogP contribution in [0.1, 0.15) is 10.6 Å². The molecule has 1 aromatic heterocycles. The Kier molecular flexibility index (Phi) is 5.14. The molecule has 1 fully saturated rings. The molecular weight excluding hydrogens is 319 g/mol. The highest BCUT2D eigenvalue weighted by atomic mass is 32.1. The predicted octanol–water partition coefficient (Wildman–Crippen LogP) is 1.54. The van der Waals surface area contributed by atoms with Crippen molar-refractivity contribution in [2.24, 2.45) is 0 Å². The van der Waals surface area contributed by atoms with Crippen molar-refractivity contribution in [3.05, 3.63) is 40.7 Å². The van der Waals surface area contributed by atoms with Crippen molar-refractivity contribution < 1.29 is 13.9 Å². The number of morpholine rings is 1. The third-order valence-corrected chi connectivity index (χ3v) is 4.40. The number of hydrogen-bond acceptors (Lipinski definition) is 6. The Balaban J connectivity index is 1.53. The normalized spacial score (nSPS) is 14.7. The maximum atomic E-state index is 13.6. The van der Waals surface area contributed by atoms with Crippen LogP contribution >= 0.6 is 11.3 Å². The van der Waals surface area contributed by atoms with Crippen molar-refractivity contribution in [3.63, 3.8) is 0 Å². The lowest BCUT2D eigenvalue weighted by molar-refractivity contribution is -0.133. The zero-order chi connectivity index (χ0) is 16.1. The molecule has 0 unspecified atom stereocenters. The molecule has 122 valence electrons. The molecule has 8 heteroatoms. The standard InChI is InChI=1S/C15H17FN4O2S/c16-12-4-2-1-3-11(12)9-13-18-19-15(23-13)17-10-14(21)20-5-7-22-8-6-20/h1-4H,5-10H2,(H,17,19). The maximum absolute atomic E-state index is 13.6. The molecule has 1 aliphatic rings. The van der Waals surface area contributed by atoms with Crippen LogP contribution in [0, 0.1) is 5.82 Å². The third kappa shape index (κ3) is 4.23. The van der Waals surface area contributed by atoms with E-state index < -0.39 is 0 Å². The van der Waals surface area contributed by atoms with Crippen LogP contribution in [0.4, 0.5) is 9.52 Å². The number of amides is 1. The van der Waals surface area contributed by atoms with Gasteiger partial charge in [0.1, 0.15) is 10.8 Å². The first-order chi connectivity index (χ1) is 11.2. The lowest BCUT2D eigenvalue weighted by atomic mass is 10.1. The van der Waals surface area contributed by atoms with Crippen molar-refractivity contribution in [1.29, 1.82) is 0 Å². The minimum absolute atomic E-state index is 0.0131. The molecule has 2 aromatic rings. The number of benzene rings is 1. The fourth-order valence-electron chi connectivity index (χ4n) is 2.28. The summed E-state index contributed by atoms with van der Waals surface area (Å²) in [6.07, 6.45) is 0.392. The lowest BCUT2D eigenvalue weighted by Gasteiger charge is -2.26. The smallest absolute Gasteiger partial charge is 0.242 e. The second kappa shape index (κ2) is 7.47. The van der Waals surface area contributed by atoms with Gasteiger partial charge in [0.15, 0.2) is 0 Å². The number of nitrogens with one attached hydrogen (secondary N) is 1. The van der Waals surface area contributed by atoms with Gasteiger partial charge in [-0.1, -0.05) is 29.5 Å². The van der Waals surface area contributed by atoms with E-state index in [2.05, 4.69) is 15.5 Å². The highest BCUT2D eigenvalue weighted by molar-refractivity contribution is 7.15. The summed E-state index contributed by atoms with van der Waals surface area (Å²) >= 11 is 1.33. The zero-order valence-electron chi connectivity index (χ0n) is 12.5. The van der Waals surface area contributed by atoms with Gasteiger partial charge in [0.2, 0.25) is 11.0 Å². The first kappa shape index (κ1) is 15.8. The molecule has 0 saturated carbocycles. The Morgan fingerprint density at radius 1 is 1.30 bits per heavy atom. The highest BCUT2D eigenvalue weighted by Crippen LogP contribution is 2.19. The average Bonchev–Trinajstić information content (AvgIpc) is 3.03. The minimum Gasteiger partial charge on any atom is -0.378 e. The number of nitrogens with zero attached hydrogens (tertiary/aromatic N) is 3. The van der Waals surface area contributed by atoms with Crippen LogP contribution in [0.25, 0.3) is 0 Å². The van der Waals surface area contributed by atoms with E-state index in [-0.39, 0.29) is 18.3 Å². The van der Waals surface area contributed by atoms with Gasteiger partial charge in [0.25, 0.3) is 0 Å². The number of rotatable bonds is 5. The van der Waals surface area contributed by atoms with Gasteiger partial charge in [0.05, 0.1) is 19.8 Å². The van der Waals surface area contributed by atoms with E-state index in [1.54, 1.807) is 23.1 Å². The molecule has 1 N–H and O–H groups in total. The monoisotopic (exact) mass is 336 g/mol. The van der Waals surface area contributed by atoms with Gasteiger partial charge in [-0.2, -0.15) is 0 Å². The fraction of sp³-hybridized carbons (Fsp3) is 0.400. The predicted molar refractivity (Wildman–Crippen MR) is 85.0 cm³/mol. The molecule has 1 aliphatic heterocycles. The molecule has 1 aromatic carbocycles. The second-order valence-electron chi connectivity index (χ2n) is 5.12. The fourth-order valence-corrected chi connectivity index (χ4v) is 3.04. The van der Waals surface area contributed by atoms with E-state index >= 15 is 0 Å². The number of carbonyl (C=O) groups excluding carboxylic acids is 1. The van der Waals surface area contributed by atoms with Gasteiger partial charge < -0.3 is 15.0 Å². The molecule has 1 saturated heterocycles. The molecule has 0 spiro atoms. The molecule has 1 amide bonds. The SMILES string of the molecule is O=C(CNc1nnc(Cc2ccccc2F)s1)N1CCOCC1. The molecular formula is C15H17FN4O2S. The molecule has 0 aliphatic carbocycles. The molecule has 0 bridgehead atoms. The average molecular weight is 336 g/mol. The summed E-state index contributed by atoms with van der Waals surface area (Å²) in [5.41, 5.74) is 0.583. The summed E-state index contributed by atoms with van der Waals surface area (Å²) in [4.78, 5) is 13.8. The Morgan fingerprint density at radius 3 is 2.87 bits per heavy atom. The van der Waals surface area contributed by atoms with Crippen molar-refractivity contribution in [2.45, 2.75) is 6.42 Å². The van der Waals surface area contributed by atoms with Crippen molar-refractivity contribution >= 4 is 22.4 Å². The number of anilines is 1. The van der Waals surface area contributed by atoms with Crippen LogP contribution in [-0.2, 0) is 16.0 Å². The summed E-state index contributed by atoms with van der Waals surface area (Å²) in [5, 5.41) is 12.3. The molecule has 0 atom stereocenters. The number of aromatic nitrogens is 2. The first-order valence-electron chi connectivity index (χ1n) is 7.37. The summed E-state index contributed by atoms with van der Waals surface area (Å²) in [6.45, 7) is 2.58. The largest absolute Gasteiger partial charge is 0.378 e. The van der Waals surface area contributed by atoms with Gasteiger partial charge >= 0.3 is 0 Å². The van der Waals surface area contributed by atoms with Gasteiger partial charge in [-0.25, -0.2) is 4.39 Å². The molecule has 6 nitrogen and oxygen atoms in total. The lowest BCUT2D eigenvalue weighted by Crippen LogP contribution is -2.43. The summed E-state index contributed by atoms with van der Waals surface area (Å²) < 4.78 is 18.8. The summed E-state index contributed by atoms with van der Waals surface area (Å²) in [5.74, 6) is -0.237. The van der Waals surface area contributed by atoms with Gasteiger partial charge in [-0.3, -0.25) is 4.79 Å². The Morgan fingerprint density at radius 2 is 2.09 bits per heavy atom. The van der Waals surface area contributed by atoms with Gasteiger partial charge in [-0.05, 0) is 11.6 Å². The van der Waals surface area contributed by atoms with E-state index in [9.17, 15) is 9.18 Å². The summed E-state index contributed by atoms with van der Waals surface area (Å²) in [6, 6.07) is 6.60. The first-order valence-corrected chi connectivity index (χ1v) is 8.19. The summed E-state index contributed by atoms with van der Waals surface area (Å²) in [7, 11) is 0. The quantitative estimate of drug-likeness (QED) is 0.897. The topological polar surface area (TPSA) is 67.4 Å². The van der Waals surface area contributed by atoms with Crippen molar-refractivity contribution in [3.8, 4) is 0 Å². The van der Waals surface area contributed by atoms with E-state index in [4.69, 9.17) is 4.74 Å². The van der Waals surface area contributed by atoms with Crippen LogP contribution < -0.4 is 5.32 Å². The van der Waals surface area contributed by atoms with Crippen molar-refractivity contribution in [2.75, 3.05) is 38.2 Å². The van der Waals surface area contributed by atoms with E-state index in [0.29, 0.717) is 48.4 Å². The number of carbonyl (C=O) groups is 1. The van der Waals surface area contributed by atoms with E-state index in [0.717, 1.165) is 0 Å². The molecule has 23 heavy (non-hydrogen) atoms. The molecule has 3 rings (SSSR count).